The molecule has 2 aliphatic rings. The van der Waals surface area contributed by atoms with Gasteiger partial charge in [0, 0.05) is 31.8 Å². The molecule has 0 aromatic heterocycles. The third-order valence-electron chi connectivity index (χ3n) is 5.33. The SMILES string of the molecule is CNCC1CCN(C(=O)c2ccc(S(=O)(=O)NCC3CCCO3)cc2)CC1. The summed E-state index contributed by atoms with van der Waals surface area (Å²) in [5.74, 6) is 0.579. The van der Waals surface area contributed by atoms with Gasteiger partial charge in [-0.05, 0) is 69.5 Å². The first-order chi connectivity index (χ1) is 13.0. The molecule has 1 atom stereocenters. The summed E-state index contributed by atoms with van der Waals surface area (Å²) in [5.41, 5.74) is 0.528. The van der Waals surface area contributed by atoms with E-state index in [0.29, 0.717) is 18.1 Å². The highest BCUT2D eigenvalue weighted by Gasteiger charge is 2.24. The van der Waals surface area contributed by atoms with E-state index in [1.165, 1.54) is 12.1 Å². The second-order valence-electron chi connectivity index (χ2n) is 7.30. The van der Waals surface area contributed by atoms with Crippen LogP contribution in [0.3, 0.4) is 0 Å². The van der Waals surface area contributed by atoms with Crippen LogP contribution in [-0.4, -0.2) is 65.2 Å². The Morgan fingerprint density at radius 3 is 2.44 bits per heavy atom. The summed E-state index contributed by atoms with van der Waals surface area (Å²) >= 11 is 0. The Labute approximate surface area is 161 Å². The molecule has 0 radical (unpaired) electrons. The van der Waals surface area contributed by atoms with Crippen LogP contribution < -0.4 is 10.0 Å². The van der Waals surface area contributed by atoms with Gasteiger partial charge in [0.2, 0.25) is 10.0 Å². The highest BCUT2D eigenvalue weighted by molar-refractivity contribution is 7.89. The van der Waals surface area contributed by atoms with Crippen LogP contribution in [0.5, 0.6) is 0 Å². The summed E-state index contributed by atoms with van der Waals surface area (Å²) in [6.07, 6.45) is 3.78. The van der Waals surface area contributed by atoms with Gasteiger partial charge in [-0.1, -0.05) is 0 Å². The monoisotopic (exact) mass is 395 g/mol. The van der Waals surface area contributed by atoms with Crippen LogP contribution in [0.25, 0.3) is 0 Å². The third kappa shape index (κ3) is 5.28. The van der Waals surface area contributed by atoms with E-state index in [1.807, 2.05) is 11.9 Å². The fourth-order valence-electron chi connectivity index (χ4n) is 3.68. The number of nitrogens with zero attached hydrogens (tertiary/aromatic N) is 1. The second-order valence-corrected chi connectivity index (χ2v) is 9.07. The van der Waals surface area contributed by atoms with E-state index >= 15 is 0 Å². The molecule has 1 unspecified atom stereocenters. The molecule has 2 aliphatic heterocycles. The molecule has 0 spiro atoms. The highest BCUT2D eigenvalue weighted by atomic mass is 32.2. The van der Waals surface area contributed by atoms with E-state index in [9.17, 15) is 13.2 Å². The van der Waals surface area contributed by atoms with Gasteiger partial charge in [-0.25, -0.2) is 13.1 Å². The summed E-state index contributed by atoms with van der Waals surface area (Å²) in [4.78, 5) is 14.7. The number of amides is 1. The molecular weight excluding hydrogens is 366 g/mol. The largest absolute Gasteiger partial charge is 0.377 e. The van der Waals surface area contributed by atoms with Crippen molar-refractivity contribution >= 4 is 15.9 Å². The molecule has 0 bridgehead atoms. The Morgan fingerprint density at radius 2 is 1.85 bits per heavy atom. The van der Waals surface area contributed by atoms with E-state index in [4.69, 9.17) is 4.74 Å². The predicted molar refractivity (Wildman–Crippen MR) is 103 cm³/mol. The van der Waals surface area contributed by atoms with Crippen molar-refractivity contribution in [3.8, 4) is 0 Å². The molecule has 8 heteroatoms. The molecule has 2 heterocycles. The molecule has 3 rings (SSSR count). The average Bonchev–Trinajstić information content (AvgIpc) is 3.21. The van der Waals surface area contributed by atoms with Crippen molar-refractivity contribution in [2.75, 3.05) is 39.8 Å². The van der Waals surface area contributed by atoms with E-state index in [0.717, 1.165) is 45.3 Å². The molecule has 150 valence electrons. The summed E-state index contributed by atoms with van der Waals surface area (Å²) in [5, 5.41) is 3.19. The van der Waals surface area contributed by atoms with E-state index in [-0.39, 0.29) is 23.5 Å². The first-order valence-electron chi connectivity index (χ1n) is 9.65. The van der Waals surface area contributed by atoms with Gasteiger partial charge in [0.05, 0.1) is 11.0 Å². The van der Waals surface area contributed by atoms with Gasteiger partial charge in [-0.3, -0.25) is 4.79 Å². The van der Waals surface area contributed by atoms with Gasteiger partial charge < -0.3 is 15.0 Å². The molecule has 1 amide bonds. The summed E-state index contributed by atoms with van der Waals surface area (Å²) in [7, 11) is -1.64. The van der Waals surface area contributed by atoms with Crippen molar-refractivity contribution in [2.24, 2.45) is 5.92 Å². The fraction of sp³-hybridized carbons (Fsp3) is 0.632. The first kappa shape index (κ1) is 20.3. The Morgan fingerprint density at radius 1 is 1.15 bits per heavy atom. The zero-order chi connectivity index (χ0) is 19.3. The fourth-order valence-corrected chi connectivity index (χ4v) is 4.75. The molecule has 0 saturated carbocycles. The molecule has 1 aromatic carbocycles. The number of rotatable bonds is 7. The van der Waals surface area contributed by atoms with Crippen LogP contribution in [0.2, 0.25) is 0 Å². The number of piperidine rings is 1. The lowest BCUT2D eigenvalue weighted by molar-refractivity contribution is 0.0691. The van der Waals surface area contributed by atoms with Gasteiger partial charge in [-0.2, -0.15) is 0 Å². The minimum atomic E-state index is -3.59. The van der Waals surface area contributed by atoms with Crippen LogP contribution in [0.4, 0.5) is 0 Å². The number of ether oxygens (including phenoxy) is 1. The zero-order valence-corrected chi connectivity index (χ0v) is 16.6. The predicted octanol–water partition coefficient (Wildman–Crippen LogP) is 1.22. The van der Waals surface area contributed by atoms with Crippen molar-refractivity contribution in [3.05, 3.63) is 29.8 Å². The number of nitrogens with one attached hydrogen (secondary N) is 2. The second kappa shape index (κ2) is 9.14. The quantitative estimate of drug-likeness (QED) is 0.725. The Kier molecular flexibility index (Phi) is 6.86. The van der Waals surface area contributed by atoms with E-state index < -0.39 is 10.0 Å². The number of benzene rings is 1. The van der Waals surface area contributed by atoms with E-state index in [1.54, 1.807) is 12.1 Å². The lowest BCUT2D eigenvalue weighted by Gasteiger charge is -2.32. The molecule has 7 nitrogen and oxygen atoms in total. The lowest BCUT2D eigenvalue weighted by atomic mass is 9.96. The Balaban J connectivity index is 1.56. The molecule has 2 N–H and O–H groups in total. The van der Waals surface area contributed by atoms with Crippen LogP contribution in [0, 0.1) is 5.92 Å². The maximum Gasteiger partial charge on any atom is 0.253 e. The maximum atomic E-state index is 12.7. The third-order valence-corrected chi connectivity index (χ3v) is 6.77. The van der Waals surface area contributed by atoms with E-state index in [2.05, 4.69) is 10.0 Å². The molecule has 0 aliphatic carbocycles. The highest BCUT2D eigenvalue weighted by Crippen LogP contribution is 2.19. The van der Waals surface area contributed by atoms with Crippen molar-refractivity contribution in [1.82, 2.24) is 14.9 Å². The minimum Gasteiger partial charge on any atom is -0.377 e. The number of hydrogen-bond acceptors (Lipinski definition) is 5. The van der Waals surface area contributed by atoms with Gasteiger partial charge in [0.25, 0.3) is 5.91 Å². The molecule has 2 saturated heterocycles. The van der Waals surface area contributed by atoms with Crippen molar-refractivity contribution in [1.29, 1.82) is 0 Å². The summed E-state index contributed by atoms with van der Waals surface area (Å²) in [6, 6.07) is 6.20. The van der Waals surface area contributed by atoms with Crippen LogP contribution in [-0.2, 0) is 14.8 Å². The van der Waals surface area contributed by atoms with Crippen LogP contribution in [0.1, 0.15) is 36.0 Å². The van der Waals surface area contributed by atoms with Gasteiger partial charge in [0.15, 0.2) is 0 Å². The first-order valence-corrected chi connectivity index (χ1v) is 11.1. The normalized spacial score (nSPS) is 21.5. The smallest absolute Gasteiger partial charge is 0.253 e. The number of sulfonamides is 1. The van der Waals surface area contributed by atoms with Crippen molar-refractivity contribution < 1.29 is 17.9 Å². The van der Waals surface area contributed by atoms with Gasteiger partial charge in [0.1, 0.15) is 0 Å². The standard InChI is InChI=1S/C19H29N3O4S/c1-20-13-15-8-10-22(11-9-15)19(23)16-4-6-18(7-5-16)27(24,25)21-14-17-3-2-12-26-17/h4-7,15,17,20-21H,2-3,8-14H2,1H3. The Hall–Kier alpha value is -1.48. The van der Waals surface area contributed by atoms with Crippen molar-refractivity contribution in [2.45, 2.75) is 36.7 Å². The maximum absolute atomic E-state index is 12.7. The van der Waals surface area contributed by atoms with Gasteiger partial charge in [-0.15, -0.1) is 0 Å². The molecular formula is C19H29N3O4S. The number of hydrogen-bond donors (Lipinski definition) is 2. The number of carbonyl (C=O) groups excluding carboxylic acids is 1. The number of likely N-dealkylation sites (tertiary alicyclic amines) is 1. The van der Waals surface area contributed by atoms with Crippen LogP contribution >= 0.6 is 0 Å². The lowest BCUT2D eigenvalue weighted by Crippen LogP contribution is -2.40. The topological polar surface area (TPSA) is 87.7 Å². The summed E-state index contributed by atoms with van der Waals surface area (Å²) in [6.45, 7) is 3.44. The average molecular weight is 396 g/mol. The molecule has 2 fully saturated rings. The van der Waals surface area contributed by atoms with Gasteiger partial charge >= 0.3 is 0 Å². The van der Waals surface area contributed by atoms with Crippen LogP contribution in [0.15, 0.2) is 29.2 Å². The Bertz CT molecular complexity index is 722. The number of carbonyl (C=O) groups is 1. The minimum absolute atomic E-state index is 0.0332. The van der Waals surface area contributed by atoms with Crippen molar-refractivity contribution in [3.63, 3.8) is 0 Å². The molecule has 27 heavy (non-hydrogen) atoms. The molecule has 1 aromatic rings. The zero-order valence-electron chi connectivity index (χ0n) is 15.8. The summed E-state index contributed by atoms with van der Waals surface area (Å²) < 4.78 is 32.8.